The third-order valence-corrected chi connectivity index (χ3v) is 2.73. The predicted octanol–water partition coefficient (Wildman–Crippen LogP) is 1.63. The van der Waals surface area contributed by atoms with E-state index in [1.54, 1.807) is 13.1 Å². The van der Waals surface area contributed by atoms with Gasteiger partial charge in [-0.05, 0) is 13.3 Å². The quantitative estimate of drug-likeness (QED) is 0.748. The van der Waals surface area contributed by atoms with Gasteiger partial charge in [-0.15, -0.1) is 6.58 Å². The van der Waals surface area contributed by atoms with Crippen molar-refractivity contribution in [3.63, 3.8) is 0 Å². The fourth-order valence-corrected chi connectivity index (χ4v) is 1.31. The average Bonchev–Trinajstić information content (AvgIpc) is 2.60. The molecule has 1 N–H and O–H groups in total. The lowest BCUT2D eigenvalue weighted by Gasteiger charge is -2.19. The summed E-state index contributed by atoms with van der Waals surface area (Å²) in [6, 6.07) is 0. The van der Waals surface area contributed by atoms with Gasteiger partial charge in [0.05, 0.1) is 5.41 Å². The van der Waals surface area contributed by atoms with Crippen LogP contribution < -0.4 is 0 Å². The van der Waals surface area contributed by atoms with Crippen molar-refractivity contribution >= 4 is 5.97 Å². The molecule has 0 bridgehead atoms. The Kier molecular flexibility index (Phi) is 3.29. The SMILES string of the molecule is C=CC(C)(CCc1nccn1C)C(=O)O. The van der Waals surface area contributed by atoms with E-state index in [9.17, 15) is 4.79 Å². The molecule has 1 heterocycles. The number of carboxylic acids is 1. The molecule has 0 radical (unpaired) electrons. The van der Waals surface area contributed by atoms with Crippen LogP contribution in [0.25, 0.3) is 0 Å². The largest absolute Gasteiger partial charge is 0.481 e. The average molecular weight is 208 g/mol. The van der Waals surface area contributed by atoms with Crippen LogP contribution in [0.2, 0.25) is 0 Å². The third-order valence-electron chi connectivity index (χ3n) is 2.73. The summed E-state index contributed by atoms with van der Waals surface area (Å²) in [5.74, 6) is 0.0519. The lowest BCUT2D eigenvalue weighted by molar-refractivity contribution is -0.145. The third kappa shape index (κ3) is 2.46. The number of aromatic nitrogens is 2. The van der Waals surface area contributed by atoms with E-state index in [1.165, 1.54) is 6.08 Å². The monoisotopic (exact) mass is 208 g/mol. The zero-order chi connectivity index (χ0) is 11.5. The highest BCUT2D eigenvalue weighted by Crippen LogP contribution is 2.24. The number of hydrogen-bond donors (Lipinski definition) is 1. The Labute approximate surface area is 89.3 Å². The Morgan fingerprint density at radius 1 is 1.80 bits per heavy atom. The molecule has 1 aromatic heterocycles. The molecular formula is C11H16N2O2. The van der Waals surface area contributed by atoms with Crippen molar-refractivity contribution in [2.24, 2.45) is 12.5 Å². The van der Waals surface area contributed by atoms with Gasteiger partial charge in [-0.2, -0.15) is 0 Å². The maximum atomic E-state index is 11.0. The summed E-state index contributed by atoms with van der Waals surface area (Å²) >= 11 is 0. The first-order valence-corrected chi connectivity index (χ1v) is 4.83. The summed E-state index contributed by atoms with van der Waals surface area (Å²) < 4.78 is 1.89. The number of aryl methyl sites for hydroxylation is 2. The first-order valence-electron chi connectivity index (χ1n) is 4.83. The Balaban J connectivity index is 2.67. The smallest absolute Gasteiger partial charge is 0.313 e. The highest BCUT2D eigenvalue weighted by molar-refractivity contribution is 5.76. The molecule has 0 aliphatic rings. The Bertz CT molecular complexity index is 370. The molecule has 15 heavy (non-hydrogen) atoms. The molecule has 0 saturated heterocycles. The minimum absolute atomic E-state index is 0.511. The molecule has 0 fully saturated rings. The summed E-state index contributed by atoms with van der Waals surface area (Å²) in [6.07, 6.45) is 6.19. The molecule has 0 amide bonds. The van der Waals surface area contributed by atoms with E-state index in [-0.39, 0.29) is 0 Å². The lowest BCUT2D eigenvalue weighted by Crippen LogP contribution is -2.25. The number of rotatable bonds is 5. The maximum absolute atomic E-state index is 11.0. The topological polar surface area (TPSA) is 55.1 Å². The van der Waals surface area contributed by atoms with E-state index in [0.29, 0.717) is 12.8 Å². The highest BCUT2D eigenvalue weighted by Gasteiger charge is 2.29. The van der Waals surface area contributed by atoms with E-state index in [1.807, 2.05) is 17.8 Å². The van der Waals surface area contributed by atoms with Crippen LogP contribution in [0.4, 0.5) is 0 Å². The van der Waals surface area contributed by atoms with Gasteiger partial charge in [0.15, 0.2) is 0 Å². The van der Waals surface area contributed by atoms with Crippen molar-refractivity contribution in [2.45, 2.75) is 19.8 Å². The number of imidazole rings is 1. The molecule has 4 heteroatoms. The second kappa shape index (κ2) is 4.29. The van der Waals surface area contributed by atoms with Crippen LogP contribution in [-0.4, -0.2) is 20.6 Å². The number of hydrogen-bond acceptors (Lipinski definition) is 2. The van der Waals surface area contributed by atoms with Crippen LogP contribution in [0.5, 0.6) is 0 Å². The maximum Gasteiger partial charge on any atom is 0.313 e. The van der Waals surface area contributed by atoms with E-state index < -0.39 is 11.4 Å². The van der Waals surface area contributed by atoms with Gasteiger partial charge in [0.2, 0.25) is 0 Å². The van der Waals surface area contributed by atoms with Crippen molar-refractivity contribution in [1.82, 2.24) is 9.55 Å². The van der Waals surface area contributed by atoms with Crippen LogP contribution in [0.1, 0.15) is 19.2 Å². The van der Waals surface area contributed by atoms with Gasteiger partial charge in [0.25, 0.3) is 0 Å². The number of carboxylic acid groups (broad SMARTS) is 1. The zero-order valence-electron chi connectivity index (χ0n) is 9.10. The molecule has 0 saturated carbocycles. The molecule has 4 nitrogen and oxygen atoms in total. The van der Waals surface area contributed by atoms with Crippen LogP contribution in [0, 0.1) is 5.41 Å². The number of nitrogens with zero attached hydrogens (tertiary/aromatic N) is 2. The summed E-state index contributed by atoms with van der Waals surface area (Å²) in [7, 11) is 1.90. The first kappa shape index (κ1) is 11.5. The van der Waals surface area contributed by atoms with Crippen LogP contribution in [0.3, 0.4) is 0 Å². The second-order valence-corrected chi connectivity index (χ2v) is 3.88. The van der Waals surface area contributed by atoms with Gasteiger partial charge in [0, 0.05) is 25.9 Å². The first-order chi connectivity index (χ1) is 6.99. The summed E-state index contributed by atoms with van der Waals surface area (Å²) in [5, 5.41) is 9.03. The summed E-state index contributed by atoms with van der Waals surface area (Å²) in [5.41, 5.74) is -0.869. The number of carbonyl (C=O) groups is 1. The van der Waals surface area contributed by atoms with Gasteiger partial charge < -0.3 is 9.67 Å². The van der Waals surface area contributed by atoms with Crippen molar-refractivity contribution in [1.29, 1.82) is 0 Å². The molecule has 0 spiro atoms. The zero-order valence-corrected chi connectivity index (χ0v) is 9.10. The highest BCUT2D eigenvalue weighted by atomic mass is 16.4. The molecule has 0 aliphatic carbocycles. The second-order valence-electron chi connectivity index (χ2n) is 3.88. The van der Waals surface area contributed by atoms with Crippen LogP contribution in [-0.2, 0) is 18.3 Å². The summed E-state index contributed by atoms with van der Waals surface area (Å²) in [4.78, 5) is 15.1. The van der Waals surface area contributed by atoms with Crippen LogP contribution >= 0.6 is 0 Å². The van der Waals surface area contributed by atoms with Gasteiger partial charge in [0.1, 0.15) is 5.82 Å². The fourth-order valence-electron chi connectivity index (χ4n) is 1.31. The molecule has 0 aromatic carbocycles. The van der Waals surface area contributed by atoms with Gasteiger partial charge in [-0.3, -0.25) is 4.79 Å². The van der Waals surface area contributed by atoms with Crippen molar-refractivity contribution in [3.8, 4) is 0 Å². The van der Waals surface area contributed by atoms with Gasteiger partial charge in [-0.1, -0.05) is 6.08 Å². The lowest BCUT2D eigenvalue weighted by atomic mass is 9.85. The van der Waals surface area contributed by atoms with Crippen LogP contribution in [0.15, 0.2) is 25.0 Å². The predicted molar refractivity (Wildman–Crippen MR) is 57.5 cm³/mol. The van der Waals surface area contributed by atoms with Gasteiger partial charge in [-0.25, -0.2) is 4.98 Å². The van der Waals surface area contributed by atoms with Gasteiger partial charge >= 0.3 is 5.97 Å². The van der Waals surface area contributed by atoms with E-state index >= 15 is 0 Å². The standard InChI is InChI=1S/C11H16N2O2/c1-4-11(2,10(14)15)6-5-9-12-7-8-13(9)3/h4,7-8H,1,5-6H2,2-3H3,(H,14,15). The van der Waals surface area contributed by atoms with Crippen molar-refractivity contribution < 1.29 is 9.90 Å². The summed E-state index contributed by atoms with van der Waals surface area (Å²) in [6.45, 7) is 5.24. The van der Waals surface area contributed by atoms with E-state index in [2.05, 4.69) is 11.6 Å². The Morgan fingerprint density at radius 2 is 2.47 bits per heavy atom. The molecule has 1 aromatic rings. The van der Waals surface area contributed by atoms with E-state index in [0.717, 1.165) is 5.82 Å². The van der Waals surface area contributed by atoms with E-state index in [4.69, 9.17) is 5.11 Å². The minimum atomic E-state index is -0.869. The molecule has 0 aliphatic heterocycles. The fraction of sp³-hybridized carbons (Fsp3) is 0.455. The Morgan fingerprint density at radius 3 is 2.87 bits per heavy atom. The molecular weight excluding hydrogens is 192 g/mol. The molecule has 82 valence electrons. The minimum Gasteiger partial charge on any atom is -0.481 e. The normalized spacial score (nSPS) is 14.5. The van der Waals surface area contributed by atoms with Crippen molar-refractivity contribution in [2.75, 3.05) is 0 Å². The number of aliphatic carboxylic acids is 1. The molecule has 1 atom stereocenters. The Hall–Kier alpha value is -1.58. The van der Waals surface area contributed by atoms with Crippen molar-refractivity contribution in [3.05, 3.63) is 30.9 Å². The molecule has 1 rings (SSSR count). The molecule has 1 unspecified atom stereocenters.